The highest BCUT2D eigenvalue weighted by molar-refractivity contribution is 7.87. The summed E-state index contributed by atoms with van der Waals surface area (Å²) in [6, 6.07) is 11.0. The minimum absolute atomic E-state index is 0.334. The van der Waals surface area contributed by atoms with E-state index >= 15 is 0 Å². The highest BCUT2D eigenvalue weighted by Gasteiger charge is 2.29. The number of benzene rings is 1. The Morgan fingerprint density at radius 1 is 1.05 bits per heavy atom. The molecule has 0 bridgehead atoms. The number of hydrogen-bond acceptors (Lipinski definition) is 7. The average molecular weight is 533 g/mol. The first-order chi connectivity index (χ1) is 17.9. The Bertz CT molecular complexity index is 1260. The molecule has 3 heterocycles. The SMILES string of the molecule is CCNCCOCCN(Cc1cccnc1F)Cc1cn(S(=O)(=O)N2CCN(C)CC2)c2ccccc12. The first-order valence-corrected chi connectivity index (χ1v) is 14.2. The summed E-state index contributed by atoms with van der Waals surface area (Å²) in [6.45, 7) is 8.41. The number of halogens is 1. The molecule has 1 aliphatic heterocycles. The molecule has 202 valence electrons. The average Bonchev–Trinajstić information content (AvgIpc) is 3.27. The van der Waals surface area contributed by atoms with Crippen LogP contribution in [0.25, 0.3) is 10.9 Å². The van der Waals surface area contributed by atoms with Crippen molar-refractivity contribution >= 4 is 21.1 Å². The van der Waals surface area contributed by atoms with Crippen molar-refractivity contribution in [2.45, 2.75) is 20.0 Å². The number of rotatable bonds is 13. The number of nitrogens with one attached hydrogen (secondary N) is 1. The van der Waals surface area contributed by atoms with E-state index in [9.17, 15) is 12.8 Å². The Labute approximate surface area is 219 Å². The van der Waals surface area contributed by atoms with E-state index in [1.807, 2.05) is 38.2 Å². The van der Waals surface area contributed by atoms with Crippen LogP contribution >= 0.6 is 0 Å². The summed E-state index contributed by atoms with van der Waals surface area (Å²) in [5.74, 6) is -0.499. The van der Waals surface area contributed by atoms with E-state index in [1.165, 1.54) is 10.2 Å². The summed E-state index contributed by atoms with van der Waals surface area (Å²) in [5, 5.41) is 4.09. The van der Waals surface area contributed by atoms with Crippen molar-refractivity contribution in [3.05, 3.63) is 65.9 Å². The number of ether oxygens (including phenoxy) is 1. The van der Waals surface area contributed by atoms with Gasteiger partial charge >= 0.3 is 10.2 Å². The molecular formula is C26H37FN6O3S. The van der Waals surface area contributed by atoms with Gasteiger partial charge in [0.05, 0.1) is 18.7 Å². The Morgan fingerprint density at radius 3 is 2.57 bits per heavy atom. The Balaban J connectivity index is 1.58. The van der Waals surface area contributed by atoms with Crippen LogP contribution in [0.2, 0.25) is 0 Å². The molecule has 0 saturated carbocycles. The third kappa shape index (κ3) is 6.92. The van der Waals surface area contributed by atoms with Crippen LogP contribution < -0.4 is 5.32 Å². The van der Waals surface area contributed by atoms with Crippen molar-refractivity contribution in [1.29, 1.82) is 0 Å². The van der Waals surface area contributed by atoms with E-state index in [4.69, 9.17) is 4.74 Å². The standard InChI is InChI=1S/C26H37FN6O3S/c1-3-28-11-17-36-18-16-31(19-22-7-6-10-29-26(22)27)20-23-21-33(25-9-5-4-8-24(23)25)37(34,35)32-14-12-30(2)13-15-32/h4-10,21,28H,3,11-20H2,1-2H3. The number of aromatic nitrogens is 2. The third-order valence-electron chi connectivity index (χ3n) is 6.65. The molecule has 3 aromatic rings. The van der Waals surface area contributed by atoms with E-state index in [-0.39, 0.29) is 0 Å². The van der Waals surface area contributed by atoms with Gasteiger partial charge in [0.15, 0.2) is 0 Å². The molecule has 11 heteroatoms. The zero-order valence-corrected chi connectivity index (χ0v) is 22.5. The second kappa shape index (κ2) is 12.9. The first kappa shape index (κ1) is 27.6. The lowest BCUT2D eigenvalue weighted by Gasteiger charge is -2.31. The minimum Gasteiger partial charge on any atom is -0.379 e. The number of hydrogen-bond donors (Lipinski definition) is 1. The number of para-hydroxylation sites is 1. The zero-order chi connectivity index (χ0) is 26.3. The van der Waals surface area contributed by atoms with E-state index in [2.05, 4.69) is 20.1 Å². The van der Waals surface area contributed by atoms with Gasteiger partial charge in [-0.25, -0.2) is 8.96 Å². The molecule has 1 aliphatic rings. The summed E-state index contributed by atoms with van der Waals surface area (Å²) in [4.78, 5) is 7.99. The van der Waals surface area contributed by atoms with E-state index in [1.54, 1.807) is 22.6 Å². The molecule has 0 radical (unpaired) electrons. The smallest absolute Gasteiger partial charge is 0.308 e. The van der Waals surface area contributed by atoms with Crippen LogP contribution in [-0.4, -0.2) is 97.6 Å². The largest absolute Gasteiger partial charge is 0.379 e. The lowest BCUT2D eigenvalue weighted by molar-refractivity contribution is 0.0998. The van der Waals surface area contributed by atoms with Gasteiger partial charge in [-0.3, -0.25) is 4.90 Å². The summed E-state index contributed by atoms with van der Waals surface area (Å²) in [5.41, 5.74) is 2.00. The predicted molar refractivity (Wildman–Crippen MR) is 143 cm³/mol. The lowest BCUT2D eigenvalue weighted by Crippen LogP contribution is -2.48. The molecule has 0 unspecified atom stereocenters. The normalized spacial score (nSPS) is 15.7. The number of nitrogens with zero attached hydrogens (tertiary/aromatic N) is 5. The van der Waals surface area contributed by atoms with Crippen LogP contribution in [0.5, 0.6) is 0 Å². The van der Waals surface area contributed by atoms with Crippen molar-refractivity contribution < 1.29 is 17.5 Å². The van der Waals surface area contributed by atoms with Crippen molar-refractivity contribution in [1.82, 2.24) is 28.4 Å². The number of fused-ring (bicyclic) bond motifs is 1. The van der Waals surface area contributed by atoms with Gasteiger partial charge in [0.25, 0.3) is 0 Å². The quantitative estimate of drug-likeness (QED) is 0.267. The summed E-state index contributed by atoms with van der Waals surface area (Å²) in [7, 11) is -1.72. The monoisotopic (exact) mass is 532 g/mol. The van der Waals surface area contributed by atoms with Crippen molar-refractivity contribution in [2.24, 2.45) is 0 Å². The Morgan fingerprint density at radius 2 is 1.81 bits per heavy atom. The van der Waals surface area contributed by atoms with Gasteiger partial charge < -0.3 is 15.0 Å². The van der Waals surface area contributed by atoms with Gasteiger partial charge in [0.2, 0.25) is 5.95 Å². The van der Waals surface area contributed by atoms with Gasteiger partial charge in [0.1, 0.15) is 0 Å². The van der Waals surface area contributed by atoms with Crippen LogP contribution in [0.3, 0.4) is 0 Å². The molecule has 1 fully saturated rings. The molecule has 9 nitrogen and oxygen atoms in total. The van der Waals surface area contributed by atoms with Gasteiger partial charge in [-0.1, -0.05) is 31.2 Å². The predicted octanol–water partition coefficient (Wildman–Crippen LogP) is 2.14. The summed E-state index contributed by atoms with van der Waals surface area (Å²) >= 11 is 0. The highest BCUT2D eigenvalue weighted by atomic mass is 32.2. The van der Waals surface area contributed by atoms with E-state index < -0.39 is 16.2 Å². The second-order valence-electron chi connectivity index (χ2n) is 9.31. The van der Waals surface area contributed by atoms with Gasteiger partial charge in [-0.15, -0.1) is 0 Å². The fourth-order valence-electron chi connectivity index (χ4n) is 4.53. The fraction of sp³-hybridized carbons (Fsp3) is 0.500. The second-order valence-corrected chi connectivity index (χ2v) is 11.1. The maximum Gasteiger partial charge on any atom is 0.308 e. The van der Waals surface area contributed by atoms with Crippen LogP contribution in [0, 0.1) is 5.95 Å². The molecule has 0 spiro atoms. The number of pyridine rings is 1. The number of piperazine rings is 1. The molecular weight excluding hydrogens is 495 g/mol. The maximum atomic E-state index is 14.4. The first-order valence-electron chi connectivity index (χ1n) is 12.8. The molecule has 2 aromatic heterocycles. The Hall–Kier alpha value is -2.41. The molecule has 1 aromatic carbocycles. The Kier molecular flexibility index (Phi) is 9.63. The van der Waals surface area contributed by atoms with Crippen LogP contribution in [0.15, 0.2) is 48.8 Å². The van der Waals surface area contributed by atoms with E-state index in [0.29, 0.717) is 70.1 Å². The van der Waals surface area contributed by atoms with E-state index in [0.717, 1.165) is 24.0 Å². The van der Waals surface area contributed by atoms with Crippen LogP contribution in [0.4, 0.5) is 4.39 Å². The molecule has 0 aliphatic carbocycles. The molecule has 4 rings (SSSR count). The molecule has 0 amide bonds. The maximum absolute atomic E-state index is 14.4. The summed E-state index contributed by atoms with van der Waals surface area (Å²) < 4.78 is 50.3. The number of likely N-dealkylation sites (N-methyl/N-ethyl adjacent to an activating group) is 2. The van der Waals surface area contributed by atoms with Gasteiger partial charge in [-0.05, 0) is 31.3 Å². The van der Waals surface area contributed by atoms with Crippen LogP contribution in [-0.2, 0) is 28.0 Å². The van der Waals surface area contributed by atoms with Crippen molar-refractivity contribution in [3.63, 3.8) is 0 Å². The molecule has 0 atom stereocenters. The van der Waals surface area contributed by atoms with Crippen molar-refractivity contribution in [2.75, 3.05) is 66.1 Å². The molecule has 37 heavy (non-hydrogen) atoms. The topological polar surface area (TPSA) is 82.9 Å². The van der Waals surface area contributed by atoms with Crippen molar-refractivity contribution in [3.8, 4) is 0 Å². The lowest BCUT2D eigenvalue weighted by atomic mass is 10.1. The summed E-state index contributed by atoms with van der Waals surface area (Å²) in [6.07, 6.45) is 3.15. The van der Waals surface area contributed by atoms with Gasteiger partial charge in [0, 0.05) is 75.7 Å². The molecule has 1 N–H and O–H groups in total. The zero-order valence-electron chi connectivity index (χ0n) is 21.6. The van der Waals surface area contributed by atoms with Gasteiger partial charge in [-0.2, -0.15) is 17.1 Å². The van der Waals surface area contributed by atoms with Crippen LogP contribution in [0.1, 0.15) is 18.1 Å². The highest BCUT2D eigenvalue weighted by Crippen LogP contribution is 2.26. The fourth-order valence-corrected chi connectivity index (χ4v) is 6.07. The minimum atomic E-state index is -3.72. The molecule has 1 saturated heterocycles. The third-order valence-corrected chi connectivity index (χ3v) is 8.46.